The molecule has 0 saturated carbocycles. The largest absolute Gasteiger partial charge is 0.507 e. The third kappa shape index (κ3) is 2.26. The second-order valence-corrected chi connectivity index (χ2v) is 5.30. The lowest BCUT2D eigenvalue weighted by Gasteiger charge is -2.24. The molecule has 1 aliphatic heterocycles. The number of phenols is 1. The van der Waals surface area contributed by atoms with Gasteiger partial charge in [0.15, 0.2) is 5.78 Å². The smallest absolute Gasteiger partial charge is 0.167 e. The second kappa shape index (κ2) is 4.42. The lowest BCUT2D eigenvalue weighted by atomic mass is 9.95. The number of carbonyl (C=O) groups is 1. The first-order chi connectivity index (χ1) is 8.75. The van der Waals surface area contributed by atoms with Gasteiger partial charge in [-0.1, -0.05) is 0 Å². The third-order valence-electron chi connectivity index (χ3n) is 3.33. The van der Waals surface area contributed by atoms with E-state index in [1.165, 1.54) is 20.1 Å². The topological polar surface area (TPSA) is 76.0 Å². The van der Waals surface area contributed by atoms with Gasteiger partial charge in [-0.15, -0.1) is 0 Å². The summed E-state index contributed by atoms with van der Waals surface area (Å²) in [6, 6.07) is 1.41. The molecule has 19 heavy (non-hydrogen) atoms. The van der Waals surface area contributed by atoms with Gasteiger partial charge >= 0.3 is 0 Å². The third-order valence-corrected chi connectivity index (χ3v) is 3.33. The molecule has 104 valence electrons. The van der Waals surface area contributed by atoms with Crippen molar-refractivity contribution in [3.63, 3.8) is 0 Å². The van der Waals surface area contributed by atoms with Crippen LogP contribution in [0.25, 0.3) is 0 Å². The second-order valence-electron chi connectivity index (χ2n) is 5.30. The maximum atomic E-state index is 11.6. The summed E-state index contributed by atoms with van der Waals surface area (Å²) in [6.45, 7) is 4.65. The van der Waals surface area contributed by atoms with Crippen molar-refractivity contribution in [1.82, 2.24) is 0 Å². The highest BCUT2D eigenvalue weighted by molar-refractivity contribution is 6.00. The summed E-state index contributed by atoms with van der Waals surface area (Å²) in [5.74, 6) is 0.327. The Morgan fingerprint density at radius 1 is 1.53 bits per heavy atom. The van der Waals surface area contributed by atoms with E-state index in [1.807, 2.05) is 0 Å². The van der Waals surface area contributed by atoms with Gasteiger partial charge in [0.2, 0.25) is 0 Å². The zero-order valence-corrected chi connectivity index (χ0v) is 11.5. The van der Waals surface area contributed by atoms with Gasteiger partial charge in [0.05, 0.1) is 12.7 Å². The molecule has 5 nitrogen and oxygen atoms in total. The fourth-order valence-electron chi connectivity index (χ4n) is 2.27. The van der Waals surface area contributed by atoms with Crippen molar-refractivity contribution in [2.75, 3.05) is 7.11 Å². The zero-order valence-electron chi connectivity index (χ0n) is 11.5. The molecule has 0 fully saturated rings. The van der Waals surface area contributed by atoms with Crippen LogP contribution in [0.4, 0.5) is 0 Å². The Balaban J connectivity index is 2.57. The lowest BCUT2D eigenvalue weighted by molar-refractivity contribution is -0.0232. The summed E-state index contributed by atoms with van der Waals surface area (Å²) in [7, 11) is 1.49. The number of aliphatic hydroxyl groups is 1. The van der Waals surface area contributed by atoms with Crippen molar-refractivity contribution in [3.8, 4) is 17.2 Å². The van der Waals surface area contributed by atoms with E-state index >= 15 is 0 Å². The summed E-state index contributed by atoms with van der Waals surface area (Å²) in [4.78, 5) is 11.6. The monoisotopic (exact) mass is 266 g/mol. The molecule has 1 heterocycles. The summed E-state index contributed by atoms with van der Waals surface area (Å²) >= 11 is 0. The number of fused-ring (bicyclic) bond motifs is 1. The Labute approximate surface area is 111 Å². The molecule has 2 rings (SSSR count). The maximum Gasteiger partial charge on any atom is 0.167 e. The molecule has 0 radical (unpaired) electrons. The Bertz CT molecular complexity index is 528. The molecule has 1 aliphatic rings. The van der Waals surface area contributed by atoms with E-state index in [-0.39, 0.29) is 17.1 Å². The fraction of sp³-hybridized carbons (Fsp3) is 0.500. The van der Waals surface area contributed by atoms with Crippen LogP contribution in [0.2, 0.25) is 0 Å². The van der Waals surface area contributed by atoms with E-state index in [0.717, 1.165) is 0 Å². The van der Waals surface area contributed by atoms with Gasteiger partial charge in [0.25, 0.3) is 0 Å². The van der Waals surface area contributed by atoms with Crippen molar-refractivity contribution < 1.29 is 24.5 Å². The van der Waals surface area contributed by atoms with Crippen LogP contribution in [0.5, 0.6) is 17.2 Å². The molecule has 0 spiro atoms. The van der Waals surface area contributed by atoms with Gasteiger partial charge in [0, 0.05) is 18.1 Å². The standard InChI is InChI=1S/C14H18O5/c1-7(15)12-9(16)6-10(18-4)8-5-11(14(2,3)17)19-13(8)12/h6,11,16-17H,5H2,1-4H3/t11-/m0/s1. The van der Waals surface area contributed by atoms with Crippen molar-refractivity contribution in [3.05, 3.63) is 17.2 Å². The molecule has 0 aromatic heterocycles. The minimum atomic E-state index is -1.05. The van der Waals surface area contributed by atoms with E-state index in [9.17, 15) is 15.0 Å². The van der Waals surface area contributed by atoms with Crippen LogP contribution in [0.3, 0.4) is 0 Å². The van der Waals surface area contributed by atoms with Crippen molar-refractivity contribution in [2.24, 2.45) is 0 Å². The number of Topliss-reactive ketones (excluding diaryl/α,β-unsaturated/α-hetero) is 1. The number of phenolic OH excluding ortho intramolecular Hbond substituents is 1. The van der Waals surface area contributed by atoms with Gasteiger partial charge < -0.3 is 19.7 Å². The van der Waals surface area contributed by atoms with E-state index in [1.54, 1.807) is 13.8 Å². The average molecular weight is 266 g/mol. The molecular formula is C14H18O5. The van der Waals surface area contributed by atoms with Crippen LogP contribution in [-0.4, -0.2) is 34.8 Å². The first-order valence-electron chi connectivity index (χ1n) is 6.08. The first kappa shape index (κ1) is 13.7. The number of carbonyl (C=O) groups excluding carboxylic acids is 1. The van der Waals surface area contributed by atoms with Crippen LogP contribution in [0.1, 0.15) is 36.7 Å². The minimum absolute atomic E-state index is 0.141. The molecule has 2 N–H and O–H groups in total. The first-order valence-corrected chi connectivity index (χ1v) is 6.08. The molecule has 1 aromatic carbocycles. The summed E-state index contributed by atoms with van der Waals surface area (Å²) in [5, 5.41) is 19.9. The van der Waals surface area contributed by atoms with Crippen LogP contribution < -0.4 is 9.47 Å². The number of hydrogen-bond donors (Lipinski definition) is 2. The molecule has 1 atom stereocenters. The fourth-order valence-corrected chi connectivity index (χ4v) is 2.27. The highest BCUT2D eigenvalue weighted by Gasteiger charge is 2.39. The number of methoxy groups -OCH3 is 1. The number of aromatic hydroxyl groups is 1. The molecular weight excluding hydrogens is 248 g/mol. The average Bonchev–Trinajstić information content (AvgIpc) is 2.71. The molecule has 0 bridgehead atoms. The summed E-state index contributed by atoms with van der Waals surface area (Å²) in [6.07, 6.45) is -0.0425. The number of hydrogen-bond acceptors (Lipinski definition) is 5. The predicted octanol–water partition coefficient (Wildman–Crippen LogP) is 1.68. The number of rotatable bonds is 3. The van der Waals surface area contributed by atoms with Gasteiger partial charge in [-0.05, 0) is 20.8 Å². The Kier molecular flexibility index (Phi) is 3.18. The van der Waals surface area contributed by atoms with E-state index in [0.29, 0.717) is 23.5 Å². The molecule has 0 unspecified atom stereocenters. The lowest BCUT2D eigenvalue weighted by Crippen LogP contribution is -2.39. The Morgan fingerprint density at radius 2 is 2.16 bits per heavy atom. The van der Waals surface area contributed by atoms with E-state index in [4.69, 9.17) is 9.47 Å². The molecule has 0 aliphatic carbocycles. The minimum Gasteiger partial charge on any atom is -0.507 e. The van der Waals surface area contributed by atoms with Crippen molar-refractivity contribution in [1.29, 1.82) is 0 Å². The zero-order chi connectivity index (χ0) is 14.4. The van der Waals surface area contributed by atoms with Gasteiger partial charge in [-0.2, -0.15) is 0 Å². The summed E-state index contributed by atoms with van der Waals surface area (Å²) in [5.41, 5.74) is -0.201. The van der Waals surface area contributed by atoms with Crippen LogP contribution in [0.15, 0.2) is 6.07 Å². The number of ketones is 1. The molecule has 0 saturated heterocycles. The van der Waals surface area contributed by atoms with Gasteiger partial charge in [0.1, 0.15) is 28.9 Å². The number of benzene rings is 1. The van der Waals surface area contributed by atoms with E-state index in [2.05, 4.69) is 0 Å². The SMILES string of the molecule is COc1cc(O)c(C(C)=O)c2c1C[C@@H](C(C)(C)O)O2. The highest BCUT2D eigenvalue weighted by atomic mass is 16.5. The Morgan fingerprint density at radius 3 is 2.63 bits per heavy atom. The van der Waals surface area contributed by atoms with Crippen LogP contribution in [-0.2, 0) is 6.42 Å². The molecule has 5 heteroatoms. The van der Waals surface area contributed by atoms with Crippen molar-refractivity contribution in [2.45, 2.75) is 38.9 Å². The van der Waals surface area contributed by atoms with Gasteiger partial charge in [-0.3, -0.25) is 4.79 Å². The van der Waals surface area contributed by atoms with Crippen LogP contribution >= 0.6 is 0 Å². The predicted molar refractivity (Wildman–Crippen MR) is 69.1 cm³/mol. The maximum absolute atomic E-state index is 11.6. The Hall–Kier alpha value is -1.75. The molecule has 0 amide bonds. The number of ether oxygens (including phenoxy) is 2. The van der Waals surface area contributed by atoms with Crippen molar-refractivity contribution >= 4 is 5.78 Å². The summed E-state index contributed by atoms with van der Waals surface area (Å²) < 4.78 is 10.9. The van der Waals surface area contributed by atoms with Crippen LogP contribution in [0, 0.1) is 0 Å². The normalized spacial score (nSPS) is 17.8. The van der Waals surface area contributed by atoms with Gasteiger partial charge in [-0.25, -0.2) is 0 Å². The highest BCUT2D eigenvalue weighted by Crippen LogP contribution is 2.45. The quantitative estimate of drug-likeness (QED) is 0.814. The molecule has 1 aromatic rings. The van der Waals surface area contributed by atoms with E-state index < -0.39 is 11.7 Å².